The molecule has 0 saturated carbocycles. The average molecular weight is 289 g/mol. The van der Waals surface area contributed by atoms with Crippen LogP contribution in [0, 0.1) is 0 Å². The predicted molar refractivity (Wildman–Crippen MR) is 76.2 cm³/mol. The fourth-order valence-electron chi connectivity index (χ4n) is 1.97. The Labute approximate surface area is 118 Å². The number of benzene rings is 1. The first-order valence-electron chi connectivity index (χ1n) is 5.94. The van der Waals surface area contributed by atoms with Crippen molar-refractivity contribution in [3.8, 4) is 0 Å². The molecular formula is C14H11NO2S2. The van der Waals surface area contributed by atoms with E-state index in [0.717, 1.165) is 3.98 Å². The van der Waals surface area contributed by atoms with Gasteiger partial charge in [0.1, 0.15) is 0 Å². The van der Waals surface area contributed by atoms with E-state index < -0.39 is 0 Å². The number of ketones is 2. The van der Waals surface area contributed by atoms with Gasteiger partial charge in [-0.3, -0.25) is 14.6 Å². The molecule has 1 heterocycles. The Morgan fingerprint density at radius 2 is 1.42 bits per heavy atom. The Bertz CT molecular complexity index is 697. The molecule has 1 aliphatic rings. The Hall–Kier alpha value is -1.59. The monoisotopic (exact) mass is 289 g/mol. The molecule has 0 fully saturated rings. The SMILES string of the molecule is CC(C)N=c1sc2c(s1)C(=O)c1ccccc1C2=O. The summed E-state index contributed by atoms with van der Waals surface area (Å²) < 4.78 is 0.787. The van der Waals surface area contributed by atoms with Gasteiger partial charge in [-0.15, -0.1) is 22.7 Å². The molecule has 96 valence electrons. The van der Waals surface area contributed by atoms with Crippen LogP contribution < -0.4 is 3.98 Å². The van der Waals surface area contributed by atoms with E-state index >= 15 is 0 Å². The highest BCUT2D eigenvalue weighted by molar-refractivity contribution is 7.30. The van der Waals surface area contributed by atoms with Crippen LogP contribution in [0.25, 0.3) is 0 Å². The maximum Gasteiger partial charge on any atom is 0.205 e. The molecule has 1 aromatic carbocycles. The summed E-state index contributed by atoms with van der Waals surface area (Å²) in [7, 11) is 0. The van der Waals surface area contributed by atoms with Gasteiger partial charge in [-0.25, -0.2) is 0 Å². The summed E-state index contributed by atoms with van der Waals surface area (Å²) in [6, 6.07) is 7.14. The van der Waals surface area contributed by atoms with E-state index in [1.54, 1.807) is 24.3 Å². The van der Waals surface area contributed by atoms with Crippen LogP contribution in [0.2, 0.25) is 0 Å². The fraction of sp³-hybridized carbons (Fsp3) is 0.214. The summed E-state index contributed by atoms with van der Waals surface area (Å²) in [5, 5.41) is 0. The summed E-state index contributed by atoms with van der Waals surface area (Å²) >= 11 is 2.64. The summed E-state index contributed by atoms with van der Waals surface area (Å²) in [6.45, 7) is 3.95. The van der Waals surface area contributed by atoms with Gasteiger partial charge in [-0.2, -0.15) is 0 Å². The number of carbonyl (C=O) groups excluding carboxylic acids is 2. The van der Waals surface area contributed by atoms with Gasteiger partial charge in [0, 0.05) is 17.2 Å². The smallest absolute Gasteiger partial charge is 0.205 e. The van der Waals surface area contributed by atoms with E-state index in [1.165, 1.54) is 22.7 Å². The first-order valence-corrected chi connectivity index (χ1v) is 7.57. The quantitative estimate of drug-likeness (QED) is 0.691. The van der Waals surface area contributed by atoms with Crippen molar-refractivity contribution in [2.75, 3.05) is 0 Å². The molecule has 0 atom stereocenters. The second kappa shape index (κ2) is 4.51. The van der Waals surface area contributed by atoms with Crippen molar-refractivity contribution in [2.45, 2.75) is 19.9 Å². The van der Waals surface area contributed by atoms with Crippen molar-refractivity contribution in [3.63, 3.8) is 0 Å². The molecule has 0 spiro atoms. The van der Waals surface area contributed by atoms with Gasteiger partial charge in [-0.1, -0.05) is 24.3 Å². The standard InChI is InChI=1S/C14H11NO2S2/c1-7(2)15-14-18-12-10(16)8-5-3-4-6-9(8)11(17)13(12)19-14/h3-7H,1-2H3. The molecule has 0 aliphatic heterocycles. The largest absolute Gasteiger partial charge is 0.288 e. The van der Waals surface area contributed by atoms with E-state index in [4.69, 9.17) is 0 Å². The van der Waals surface area contributed by atoms with E-state index in [-0.39, 0.29) is 17.6 Å². The van der Waals surface area contributed by atoms with Gasteiger partial charge in [0.25, 0.3) is 0 Å². The minimum Gasteiger partial charge on any atom is -0.288 e. The Kier molecular flexibility index (Phi) is 2.95. The minimum atomic E-state index is -0.0587. The molecular weight excluding hydrogens is 278 g/mol. The first-order chi connectivity index (χ1) is 9.08. The fourth-order valence-corrected chi connectivity index (χ4v) is 4.54. The predicted octanol–water partition coefficient (Wildman–Crippen LogP) is 2.89. The molecule has 0 N–H and O–H groups in total. The number of hydrogen-bond acceptors (Lipinski definition) is 5. The maximum absolute atomic E-state index is 12.4. The van der Waals surface area contributed by atoms with Crippen molar-refractivity contribution < 1.29 is 9.59 Å². The van der Waals surface area contributed by atoms with E-state index in [2.05, 4.69) is 4.99 Å². The topological polar surface area (TPSA) is 46.5 Å². The highest BCUT2D eigenvalue weighted by Crippen LogP contribution is 2.31. The van der Waals surface area contributed by atoms with E-state index in [1.807, 2.05) is 13.8 Å². The average Bonchev–Trinajstić information content (AvgIpc) is 2.79. The van der Waals surface area contributed by atoms with Gasteiger partial charge in [0.15, 0.2) is 3.98 Å². The van der Waals surface area contributed by atoms with Crippen molar-refractivity contribution in [3.05, 3.63) is 49.1 Å². The van der Waals surface area contributed by atoms with Gasteiger partial charge < -0.3 is 0 Å². The zero-order valence-electron chi connectivity index (χ0n) is 10.5. The summed E-state index contributed by atoms with van der Waals surface area (Å²) in [5.41, 5.74) is 1.01. The molecule has 0 bridgehead atoms. The van der Waals surface area contributed by atoms with Crippen LogP contribution in [0.1, 0.15) is 44.3 Å². The van der Waals surface area contributed by atoms with Gasteiger partial charge in [-0.05, 0) is 13.8 Å². The van der Waals surface area contributed by atoms with Crippen LogP contribution in [0.15, 0.2) is 29.3 Å². The van der Waals surface area contributed by atoms with E-state index in [0.29, 0.717) is 20.9 Å². The molecule has 19 heavy (non-hydrogen) atoms. The third kappa shape index (κ3) is 1.99. The maximum atomic E-state index is 12.4. The van der Waals surface area contributed by atoms with Crippen LogP contribution in [-0.2, 0) is 0 Å². The summed E-state index contributed by atoms with van der Waals surface area (Å²) in [6.07, 6.45) is 0. The van der Waals surface area contributed by atoms with Crippen molar-refractivity contribution >= 4 is 34.2 Å². The molecule has 3 rings (SSSR count). The third-order valence-corrected chi connectivity index (χ3v) is 5.15. The Morgan fingerprint density at radius 1 is 0.947 bits per heavy atom. The first kappa shape index (κ1) is 12.4. The molecule has 0 radical (unpaired) electrons. The van der Waals surface area contributed by atoms with Crippen molar-refractivity contribution in [1.82, 2.24) is 0 Å². The number of fused-ring (bicyclic) bond motifs is 2. The lowest BCUT2D eigenvalue weighted by Gasteiger charge is -2.12. The second-order valence-corrected chi connectivity index (χ2v) is 6.81. The molecule has 2 aromatic rings. The second-order valence-electron chi connectivity index (χ2n) is 4.55. The highest BCUT2D eigenvalue weighted by atomic mass is 32.2. The van der Waals surface area contributed by atoms with Gasteiger partial charge >= 0.3 is 0 Å². The van der Waals surface area contributed by atoms with Crippen LogP contribution in [0.4, 0.5) is 0 Å². The normalized spacial score (nSPS) is 13.4. The molecule has 0 amide bonds. The molecule has 3 nitrogen and oxygen atoms in total. The zero-order valence-corrected chi connectivity index (χ0v) is 12.1. The lowest BCUT2D eigenvalue weighted by molar-refractivity contribution is 0.0985. The minimum absolute atomic E-state index is 0.0587. The molecule has 1 aliphatic carbocycles. The van der Waals surface area contributed by atoms with Crippen LogP contribution in [0.5, 0.6) is 0 Å². The Balaban J connectivity index is 2.24. The van der Waals surface area contributed by atoms with Crippen molar-refractivity contribution in [1.29, 1.82) is 0 Å². The molecule has 0 unspecified atom stereocenters. The third-order valence-electron chi connectivity index (χ3n) is 2.78. The highest BCUT2D eigenvalue weighted by Gasteiger charge is 2.31. The van der Waals surface area contributed by atoms with Gasteiger partial charge in [0.05, 0.1) is 9.75 Å². The lowest BCUT2D eigenvalue weighted by atomic mass is 9.93. The van der Waals surface area contributed by atoms with Crippen LogP contribution in [0.3, 0.4) is 0 Å². The zero-order chi connectivity index (χ0) is 13.6. The van der Waals surface area contributed by atoms with Gasteiger partial charge in [0.2, 0.25) is 11.6 Å². The van der Waals surface area contributed by atoms with Crippen LogP contribution in [-0.4, -0.2) is 17.6 Å². The summed E-state index contributed by atoms with van der Waals surface area (Å²) in [5.74, 6) is -0.117. The number of hydrogen-bond donors (Lipinski definition) is 0. The summed E-state index contributed by atoms with van der Waals surface area (Å²) in [4.78, 5) is 30.3. The van der Waals surface area contributed by atoms with E-state index in [9.17, 15) is 9.59 Å². The molecule has 0 saturated heterocycles. The number of rotatable bonds is 1. The van der Waals surface area contributed by atoms with Crippen molar-refractivity contribution in [2.24, 2.45) is 4.99 Å². The number of nitrogens with zero attached hydrogens (tertiary/aromatic N) is 1. The lowest BCUT2D eigenvalue weighted by Crippen LogP contribution is -2.17. The molecule has 1 aromatic heterocycles. The number of carbonyl (C=O) groups is 2. The van der Waals surface area contributed by atoms with Crippen LogP contribution >= 0.6 is 22.7 Å². The molecule has 5 heteroatoms. The Morgan fingerprint density at radius 3 is 1.84 bits per heavy atom.